The van der Waals surface area contributed by atoms with Gasteiger partial charge in [0.15, 0.2) is 0 Å². The van der Waals surface area contributed by atoms with Gasteiger partial charge in [-0.2, -0.15) is 0 Å². The highest BCUT2D eigenvalue weighted by Gasteiger charge is 2.49. The molecule has 0 amide bonds. The molecule has 0 fully saturated rings. The molecule has 0 bridgehead atoms. The topological polar surface area (TPSA) is 18.5 Å². The predicted octanol–water partition coefficient (Wildman–Crippen LogP) is 7.33. The SMILES string of the molecule is COc1ccc(C(C)CCCCCCO[Si](c2ccccc2)(c2ccccc2)C(C)(C)C)cc1. The molecule has 0 aliphatic heterocycles. The van der Waals surface area contributed by atoms with Crippen molar-refractivity contribution >= 4 is 18.7 Å². The number of ether oxygens (including phenoxy) is 1. The van der Waals surface area contributed by atoms with Crippen molar-refractivity contribution in [1.29, 1.82) is 0 Å². The van der Waals surface area contributed by atoms with E-state index in [4.69, 9.17) is 9.16 Å². The molecule has 0 saturated carbocycles. The van der Waals surface area contributed by atoms with E-state index < -0.39 is 8.32 Å². The fraction of sp³-hybridized carbons (Fsp3) is 0.419. The van der Waals surface area contributed by atoms with Crippen molar-refractivity contribution in [3.05, 3.63) is 90.5 Å². The van der Waals surface area contributed by atoms with Crippen molar-refractivity contribution in [1.82, 2.24) is 0 Å². The Morgan fingerprint density at radius 1 is 0.706 bits per heavy atom. The maximum absolute atomic E-state index is 7.01. The largest absolute Gasteiger partial charge is 0.497 e. The average molecular weight is 475 g/mol. The van der Waals surface area contributed by atoms with Crippen molar-refractivity contribution in [3.8, 4) is 5.75 Å². The molecule has 182 valence electrons. The molecule has 3 rings (SSSR count). The van der Waals surface area contributed by atoms with Crippen LogP contribution in [0.3, 0.4) is 0 Å². The minimum absolute atomic E-state index is 0.0451. The lowest BCUT2D eigenvalue weighted by Gasteiger charge is -2.43. The summed E-state index contributed by atoms with van der Waals surface area (Å²) >= 11 is 0. The van der Waals surface area contributed by atoms with Gasteiger partial charge < -0.3 is 9.16 Å². The number of hydrogen-bond donors (Lipinski definition) is 0. The lowest BCUT2D eigenvalue weighted by molar-refractivity contribution is 0.286. The first-order valence-electron chi connectivity index (χ1n) is 12.8. The number of unbranched alkanes of at least 4 members (excludes halogenated alkanes) is 3. The average Bonchev–Trinajstić information content (AvgIpc) is 2.86. The Morgan fingerprint density at radius 2 is 1.24 bits per heavy atom. The fourth-order valence-electron chi connectivity index (χ4n) is 4.99. The van der Waals surface area contributed by atoms with E-state index in [1.54, 1.807) is 7.11 Å². The molecular weight excluding hydrogens is 432 g/mol. The van der Waals surface area contributed by atoms with Crippen LogP contribution >= 0.6 is 0 Å². The second-order valence-electron chi connectivity index (χ2n) is 10.4. The highest BCUT2D eigenvalue weighted by molar-refractivity contribution is 6.99. The standard InChI is InChI=1S/C31H42O2Si/c1-26(27-21-23-28(32-5)24-22-27)16-10-6-7-15-25-33-34(31(2,3)4,29-17-11-8-12-18-29)30-19-13-9-14-20-30/h8-9,11-14,17-24,26H,6-7,10,15-16,25H2,1-5H3. The summed E-state index contributed by atoms with van der Waals surface area (Å²) < 4.78 is 12.3. The molecule has 0 radical (unpaired) electrons. The number of methoxy groups -OCH3 is 1. The first kappa shape index (κ1) is 26.2. The quantitative estimate of drug-likeness (QED) is 0.202. The van der Waals surface area contributed by atoms with Crippen LogP contribution in [0.25, 0.3) is 0 Å². The van der Waals surface area contributed by atoms with Gasteiger partial charge in [0, 0.05) is 6.61 Å². The minimum atomic E-state index is -2.40. The van der Waals surface area contributed by atoms with Crippen molar-refractivity contribution in [2.24, 2.45) is 0 Å². The summed E-state index contributed by atoms with van der Waals surface area (Å²) in [5.41, 5.74) is 1.40. The summed E-state index contributed by atoms with van der Waals surface area (Å²) in [4.78, 5) is 0. The maximum atomic E-state index is 7.01. The van der Waals surface area contributed by atoms with E-state index in [1.807, 2.05) is 0 Å². The predicted molar refractivity (Wildman–Crippen MR) is 148 cm³/mol. The highest BCUT2D eigenvalue weighted by Crippen LogP contribution is 2.37. The van der Waals surface area contributed by atoms with Gasteiger partial charge >= 0.3 is 0 Å². The fourth-order valence-corrected chi connectivity index (χ4v) is 9.60. The van der Waals surface area contributed by atoms with Gasteiger partial charge in [-0.05, 0) is 51.9 Å². The second-order valence-corrected chi connectivity index (χ2v) is 14.7. The molecular formula is C31H42O2Si. The molecule has 1 atom stereocenters. The van der Waals surface area contributed by atoms with Crippen LogP contribution in [0.4, 0.5) is 0 Å². The molecule has 3 aromatic rings. The molecule has 34 heavy (non-hydrogen) atoms. The molecule has 0 heterocycles. The van der Waals surface area contributed by atoms with E-state index in [0.29, 0.717) is 5.92 Å². The van der Waals surface area contributed by atoms with Crippen LogP contribution in [-0.2, 0) is 4.43 Å². The van der Waals surface area contributed by atoms with Crippen molar-refractivity contribution in [2.45, 2.75) is 70.8 Å². The molecule has 3 heteroatoms. The lowest BCUT2D eigenvalue weighted by atomic mass is 9.95. The van der Waals surface area contributed by atoms with Crippen LogP contribution < -0.4 is 15.1 Å². The Kier molecular flexibility index (Phi) is 9.55. The molecule has 0 spiro atoms. The van der Waals surface area contributed by atoms with Crippen LogP contribution in [0, 0.1) is 0 Å². The Balaban J connectivity index is 1.56. The van der Waals surface area contributed by atoms with Crippen LogP contribution in [0.1, 0.15) is 71.3 Å². The molecule has 1 unspecified atom stereocenters. The van der Waals surface area contributed by atoms with E-state index in [9.17, 15) is 0 Å². The van der Waals surface area contributed by atoms with Crippen molar-refractivity contribution in [2.75, 3.05) is 13.7 Å². The van der Waals surface area contributed by atoms with Crippen LogP contribution in [0.15, 0.2) is 84.9 Å². The van der Waals surface area contributed by atoms with Gasteiger partial charge in [0.1, 0.15) is 5.75 Å². The zero-order chi connectivity index (χ0) is 24.4. The van der Waals surface area contributed by atoms with Gasteiger partial charge in [-0.1, -0.05) is 120 Å². The highest BCUT2D eigenvalue weighted by atomic mass is 28.4. The van der Waals surface area contributed by atoms with E-state index in [2.05, 4.69) is 113 Å². The third-order valence-electron chi connectivity index (χ3n) is 6.95. The smallest absolute Gasteiger partial charge is 0.261 e. The van der Waals surface area contributed by atoms with Crippen molar-refractivity contribution < 1.29 is 9.16 Å². The zero-order valence-corrected chi connectivity index (χ0v) is 22.7. The van der Waals surface area contributed by atoms with Crippen LogP contribution in [0.2, 0.25) is 5.04 Å². The molecule has 3 aromatic carbocycles. The summed E-state index contributed by atoms with van der Waals surface area (Å²) in [7, 11) is -0.680. The van der Waals surface area contributed by atoms with E-state index >= 15 is 0 Å². The first-order valence-corrected chi connectivity index (χ1v) is 14.7. The second kappa shape index (κ2) is 12.4. The molecule has 0 aromatic heterocycles. The van der Waals surface area contributed by atoms with Crippen LogP contribution in [-0.4, -0.2) is 22.0 Å². The Labute approximate surface area is 208 Å². The Morgan fingerprint density at radius 3 is 1.74 bits per heavy atom. The summed E-state index contributed by atoms with van der Waals surface area (Å²) in [6.45, 7) is 10.2. The summed E-state index contributed by atoms with van der Waals surface area (Å²) in [5.74, 6) is 1.51. The van der Waals surface area contributed by atoms with Gasteiger partial charge in [-0.25, -0.2) is 0 Å². The van der Waals surface area contributed by atoms with Gasteiger partial charge in [-0.15, -0.1) is 0 Å². The van der Waals surface area contributed by atoms with Gasteiger partial charge in [0.05, 0.1) is 7.11 Å². The summed E-state index contributed by atoms with van der Waals surface area (Å²) in [5, 5.41) is 2.77. The molecule has 0 aliphatic carbocycles. The third kappa shape index (κ3) is 6.40. The van der Waals surface area contributed by atoms with E-state index in [-0.39, 0.29) is 5.04 Å². The minimum Gasteiger partial charge on any atom is -0.497 e. The number of benzene rings is 3. The molecule has 0 saturated heterocycles. The van der Waals surface area contributed by atoms with E-state index in [0.717, 1.165) is 18.8 Å². The normalized spacial score (nSPS) is 13.0. The third-order valence-corrected chi connectivity index (χ3v) is 12.0. The van der Waals surface area contributed by atoms with E-state index in [1.165, 1.54) is 41.6 Å². The summed E-state index contributed by atoms with van der Waals surface area (Å²) in [6, 6.07) is 30.4. The van der Waals surface area contributed by atoms with Gasteiger partial charge in [-0.3, -0.25) is 0 Å². The monoisotopic (exact) mass is 474 g/mol. The number of hydrogen-bond acceptors (Lipinski definition) is 2. The van der Waals surface area contributed by atoms with Gasteiger partial charge in [0.25, 0.3) is 8.32 Å². The Bertz CT molecular complexity index is 922. The maximum Gasteiger partial charge on any atom is 0.261 e. The first-order chi connectivity index (χ1) is 16.4. The van der Waals surface area contributed by atoms with Gasteiger partial charge in [0.2, 0.25) is 0 Å². The Hall–Kier alpha value is -2.36. The summed E-state index contributed by atoms with van der Waals surface area (Å²) in [6.07, 6.45) is 6.06. The van der Waals surface area contributed by atoms with Crippen LogP contribution in [0.5, 0.6) is 5.75 Å². The molecule has 2 nitrogen and oxygen atoms in total. The zero-order valence-electron chi connectivity index (χ0n) is 21.7. The molecule has 0 aliphatic rings. The van der Waals surface area contributed by atoms with Crippen molar-refractivity contribution in [3.63, 3.8) is 0 Å². The lowest BCUT2D eigenvalue weighted by Crippen LogP contribution is -2.66. The molecule has 0 N–H and O–H groups in total. The number of rotatable bonds is 12.